The largest absolute Gasteiger partial charge is 0.455 e. The average Bonchev–Trinajstić information content (AvgIpc) is 3.49. The molecule has 0 bridgehead atoms. The summed E-state index contributed by atoms with van der Waals surface area (Å²) >= 11 is 0. The molecule has 3 aromatic heterocycles. The number of nitrogens with zero attached hydrogens (tertiary/aromatic N) is 2. The molecule has 3 nitrogen and oxygen atoms in total. The van der Waals surface area contributed by atoms with Crippen LogP contribution in [0.15, 0.2) is 163 Å². The van der Waals surface area contributed by atoms with Gasteiger partial charge in [-0.15, -0.1) is 0 Å². The van der Waals surface area contributed by atoms with Gasteiger partial charge >= 0.3 is 0 Å². The fourth-order valence-electron chi connectivity index (χ4n) is 6.56. The molecular weight excluding hydrogens is 548 g/mol. The molecule has 0 aliphatic rings. The molecule has 45 heavy (non-hydrogen) atoms. The van der Waals surface area contributed by atoms with Crippen molar-refractivity contribution in [3.63, 3.8) is 0 Å². The predicted octanol–water partition coefficient (Wildman–Crippen LogP) is 11.4. The summed E-state index contributed by atoms with van der Waals surface area (Å²) in [6.45, 7) is 0. The Morgan fingerprint density at radius 2 is 0.978 bits per heavy atom. The zero-order valence-corrected chi connectivity index (χ0v) is 24.3. The van der Waals surface area contributed by atoms with Crippen LogP contribution in [0.4, 0.5) is 0 Å². The van der Waals surface area contributed by atoms with Gasteiger partial charge in [0, 0.05) is 52.3 Å². The molecule has 0 fully saturated rings. The number of furan rings is 1. The second kappa shape index (κ2) is 10.3. The third-order valence-corrected chi connectivity index (χ3v) is 8.78. The van der Waals surface area contributed by atoms with Crippen molar-refractivity contribution >= 4 is 43.5 Å². The maximum atomic E-state index is 6.69. The van der Waals surface area contributed by atoms with Crippen LogP contribution < -0.4 is 0 Å². The van der Waals surface area contributed by atoms with Crippen LogP contribution in [0, 0.1) is 0 Å². The van der Waals surface area contributed by atoms with Crippen molar-refractivity contribution < 1.29 is 4.42 Å². The van der Waals surface area contributed by atoms with Gasteiger partial charge in [0.2, 0.25) is 0 Å². The van der Waals surface area contributed by atoms with Crippen LogP contribution in [0.3, 0.4) is 0 Å². The summed E-state index contributed by atoms with van der Waals surface area (Å²) < 4.78 is 6.69. The summed E-state index contributed by atoms with van der Waals surface area (Å²) in [6, 6.07) is 47.5. The monoisotopic (exact) mass is 574 g/mol. The second-order valence-corrected chi connectivity index (χ2v) is 11.5. The molecule has 0 unspecified atom stereocenters. The van der Waals surface area contributed by atoms with E-state index in [0.29, 0.717) is 0 Å². The van der Waals surface area contributed by atoms with E-state index in [2.05, 4.69) is 131 Å². The molecular formula is C42H26N2O. The van der Waals surface area contributed by atoms with Crippen LogP contribution in [0.1, 0.15) is 0 Å². The third kappa shape index (κ3) is 4.37. The topological polar surface area (TPSA) is 38.9 Å². The van der Waals surface area contributed by atoms with Crippen molar-refractivity contribution in [3.05, 3.63) is 158 Å². The number of fused-ring (bicyclic) bond motifs is 6. The molecule has 9 rings (SSSR count). The first kappa shape index (κ1) is 25.4. The van der Waals surface area contributed by atoms with Gasteiger partial charge in [0.15, 0.2) is 0 Å². The minimum atomic E-state index is 0.910. The van der Waals surface area contributed by atoms with Crippen molar-refractivity contribution in [1.82, 2.24) is 9.97 Å². The molecule has 0 saturated heterocycles. The predicted molar refractivity (Wildman–Crippen MR) is 186 cm³/mol. The van der Waals surface area contributed by atoms with Gasteiger partial charge in [-0.25, -0.2) is 0 Å². The summed E-state index contributed by atoms with van der Waals surface area (Å²) in [5.41, 5.74) is 10.7. The Bertz CT molecular complexity index is 2460. The molecule has 0 saturated carbocycles. The van der Waals surface area contributed by atoms with Crippen molar-refractivity contribution in [2.45, 2.75) is 0 Å². The van der Waals surface area contributed by atoms with Gasteiger partial charge in [-0.3, -0.25) is 9.97 Å². The van der Waals surface area contributed by atoms with Gasteiger partial charge in [0.25, 0.3) is 0 Å². The van der Waals surface area contributed by atoms with Crippen molar-refractivity contribution in [3.8, 4) is 44.5 Å². The quantitative estimate of drug-likeness (QED) is 0.210. The molecule has 9 aromatic rings. The highest BCUT2D eigenvalue weighted by Gasteiger charge is 2.17. The zero-order chi connectivity index (χ0) is 29.7. The number of rotatable bonds is 4. The van der Waals surface area contributed by atoms with Crippen LogP contribution in [-0.4, -0.2) is 9.97 Å². The van der Waals surface area contributed by atoms with E-state index in [-0.39, 0.29) is 0 Å². The Morgan fingerprint density at radius 3 is 1.62 bits per heavy atom. The fourth-order valence-corrected chi connectivity index (χ4v) is 6.56. The number of hydrogen-bond donors (Lipinski definition) is 0. The minimum Gasteiger partial charge on any atom is -0.455 e. The minimum absolute atomic E-state index is 0.910. The normalized spacial score (nSPS) is 11.6. The molecule has 0 amide bonds. The van der Waals surface area contributed by atoms with E-state index in [1.54, 1.807) is 0 Å². The summed E-state index contributed by atoms with van der Waals surface area (Å²) in [5, 5.41) is 7.11. The summed E-state index contributed by atoms with van der Waals surface area (Å²) in [6.07, 6.45) is 7.44. The number of benzene rings is 6. The maximum Gasteiger partial charge on any atom is 0.143 e. The van der Waals surface area contributed by atoms with Crippen molar-refractivity contribution in [2.75, 3.05) is 0 Å². The van der Waals surface area contributed by atoms with Crippen LogP contribution in [0.25, 0.3) is 88.0 Å². The molecule has 0 spiro atoms. The van der Waals surface area contributed by atoms with E-state index in [9.17, 15) is 0 Å². The van der Waals surface area contributed by atoms with Crippen LogP contribution in [0.2, 0.25) is 0 Å². The zero-order valence-electron chi connectivity index (χ0n) is 24.3. The van der Waals surface area contributed by atoms with Crippen LogP contribution in [-0.2, 0) is 0 Å². The van der Waals surface area contributed by atoms with Gasteiger partial charge < -0.3 is 4.42 Å². The van der Waals surface area contributed by atoms with Gasteiger partial charge in [0.1, 0.15) is 11.2 Å². The second-order valence-electron chi connectivity index (χ2n) is 11.5. The van der Waals surface area contributed by atoms with Gasteiger partial charge in [-0.2, -0.15) is 0 Å². The Kier molecular flexibility index (Phi) is 5.82. The Hall–Kier alpha value is -6.06. The molecule has 0 radical (unpaired) electrons. The lowest BCUT2D eigenvalue weighted by atomic mass is 9.92. The van der Waals surface area contributed by atoms with Crippen molar-refractivity contribution in [2.24, 2.45) is 0 Å². The number of pyridine rings is 2. The summed E-state index contributed by atoms with van der Waals surface area (Å²) in [5.74, 6) is 0. The van der Waals surface area contributed by atoms with E-state index < -0.39 is 0 Å². The Labute approximate surface area is 260 Å². The van der Waals surface area contributed by atoms with Crippen LogP contribution >= 0.6 is 0 Å². The average molecular weight is 575 g/mol. The smallest absolute Gasteiger partial charge is 0.143 e. The van der Waals surface area contributed by atoms with Gasteiger partial charge in [0.05, 0.1) is 0 Å². The molecule has 0 atom stereocenters. The number of hydrogen-bond acceptors (Lipinski definition) is 3. The standard InChI is InChI=1S/C42H26N2O/c1-2-8-30-24-40-39(22-29(30)7-1)41-37-12-4-3-9-31(37)23-38(42(41)45-40)28-15-13-27(14-16-28)34-19-35(32-10-5-17-43-25-32)21-36(20-34)33-11-6-18-44-26-33/h1-26H. The lowest BCUT2D eigenvalue weighted by molar-refractivity contribution is 0.671. The van der Waals surface area contributed by atoms with E-state index >= 15 is 0 Å². The lowest BCUT2D eigenvalue weighted by Crippen LogP contribution is -1.88. The molecule has 3 heterocycles. The van der Waals surface area contributed by atoms with E-state index in [0.717, 1.165) is 61.1 Å². The molecule has 0 N–H and O–H groups in total. The molecule has 0 aliphatic carbocycles. The summed E-state index contributed by atoms with van der Waals surface area (Å²) in [4.78, 5) is 8.74. The van der Waals surface area contributed by atoms with E-state index in [1.807, 2.05) is 36.9 Å². The fraction of sp³-hybridized carbons (Fsp3) is 0. The number of aromatic nitrogens is 2. The molecule has 210 valence electrons. The molecule has 3 heteroatoms. The first-order chi connectivity index (χ1) is 22.3. The Morgan fingerprint density at radius 1 is 0.400 bits per heavy atom. The highest BCUT2D eigenvalue weighted by molar-refractivity contribution is 6.24. The summed E-state index contributed by atoms with van der Waals surface area (Å²) in [7, 11) is 0. The van der Waals surface area contributed by atoms with Gasteiger partial charge in [-0.05, 0) is 97.9 Å². The SMILES string of the molecule is c1cncc(-c2cc(-c3ccc(-c4cc5ccccc5c5c4oc4cc6ccccc6cc45)cc3)cc(-c3cccnc3)c2)c1. The third-order valence-electron chi connectivity index (χ3n) is 8.78. The first-order valence-electron chi connectivity index (χ1n) is 15.1. The lowest BCUT2D eigenvalue weighted by Gasteiger charge is -2.12. The molecule has 0 aliphatic heterocycles. The van der Waals surface area contributed by atoms with Crippen molar-refractivity contribution in [1.29, 1.82) is 0 Å². The highest BCUT2D eigenvalue weighted by Crippen LogP contribution is 2.42. The van der Waals surface area contributed by atoms with Crippen LogP contribution in [0.5, 0.6) is 0 Å². The Balaban J connectivity index is 1.21. The van der Waals surface area contributed by atoms with Gasteiger partial charge in [-0.1, -0.05) is 84.9 Å². The van der Waals surface area contributed by atoms with E-state index in [4.69, 9.17) is 4.42 Å². The first-order valence-corrected chi connectivity index (χ1v) is 15.1. The maximum absolute atomic E-state index is 6.69. The van der Waals surface area contributed by atoms with E-state index in [1.165, 1.54) is 26.9 Å². The highest BCUT2D eigenvalue weighted by atomic mass is 16.3. The molecule has 6 aromatic carbocycles.